The lowest BCUT2D eigenvalue weighted by Gasteiger charge is -2.58. The molecule has 160 valence electrons. The Balaban J connectivity index is 1.49. The lowest BCUT2D eigenvalue weighted by atomic mass is 9.47. The van der Waals surface area contributed by atoms with Crippen LogP contribution >= 0.6 is 11.6 Å². The molecule has 0 radical (unpaired) electrons. The fourth-order valence-corrected chi connectivity index (χ4v) is 8.92. The molecule has 0 aromatic carbocycles. The van der Waals surface area contributed by atoms with Crippen LogP contribution in [0.15, 0.2) is 11.6 Å². The Labute approximate surface area is 180 Å². The van der Waals surface area contributed by atoms with Gasteiger partial charge in [0.25, 0.3) is 0 Å². The molecule has 0 nitrogen and oxygen atoms in total. The minimum absolute atomic E-state index is 0.396. The summed E-state index contributed by atoms with van der Waals surface area (Å²) in [6.07, 6.45) is 18.0. The van der Waals surface area contributed by atoms with Gasteiger partial charge in [-0.25, -0.2) is 0 Å². The minimum atomic E-state index is 0.396. The van der Waals surface area contributed by atoms with Gasteiger partial charge in [0.1, 0.15) is 0 Å². The first-order valence-corrected chi connectivity index (χ1v) is 13.0. The Morgan fingerprint density at radius 2 is 1.79 bits per heavy atom. The maximum Gasteiger partial charge on any atom is 0.0373 e. The van der Waals surface area contributed by atoms with E-state index in [9.17, 15) is 0 Å². The first-order valence-electron chi connectivity index (χ1n) is 12.6. The summed E-state index contributed by atoms with van der Waals surface area (Å²) in [5.74, 6) is 5.62. The summed E-state index contributed by atoms with van der Waals surface area (Å²) in [5, 5.41) is 0.396. The lowest BCUT2D eigenvalue weighted by molar-refractivity contribution is -0.0498. The van der Waals surface area contributed by atoms with Crippen molar-refractivity contribution in [3.63, 3.8) is 0 Å². The number of hydrogen-bond donors (Lipinski definition) is 0. The van der Waals surface area contributed by atoms with Crippen LogP contribution in [0.4, 0.5) is 0 Å². The molecule has 0 aliphatic heterocycles. The fourth-order valence-electron chi connectivity index (χ4n) is 8.64. The molecule has 4 aliphatic carbocycles. The monoisotopic (exact) mass is 404 g/mol. The van der Waals surface area contributed by atoms with Gasteiger partial charge in [0.15, 0.2) is 0 Å². The molecule has 8 atom stereocenters. The Kier molecular flexibility index (Phi) is 6.03. The number of fused-ring (bicyclic) bond motifs is 5. The molecule has 0 aromatic heterocycles. The van der Waals surface area contributed by atoms with E-state index < -0.39 is 0 Å². The van der Waals surface area contributed by atoms with E-state index in [2.05, 4.69) is 40.7 Å². The van der Waals surface area contributed by atoms with E-state index in [1.165, 1.54) is 70.6 Å². The standard InChI is InChI=1S/C27H45Cl/c1-18(2)7-6-8-19(3)23-11-12-24-22-10-9-20-17-21(28)13-15-26(20,4)25(22)14-16-27(23,24)5/h9,18-19,21-25H,6-8,10-17H2,1-5H3/t19-,21-,22+,23+,24-,25+,26-,27+/m0/s1. The van der Waals surface area contributed by atoms with E-state index in [4.69, 9.17) is 11.6 Å². The molecule has 1 heteroatoms. The maximum absolute atomic E-state index is 6.56. The third-order valence-corrected chi connectivity index (χ3v) is 10.6. The number of rotatable bonds is 5. The molecule has 0 amide bonds. The Hall–Kier alpha value is 0.0300. The smallest absolute Gasteiger partial charge is 0.0373 e. The first kappa shape index (κ1) is 21.3. The molecule has 3 saturated carbocycles. The van der Waals surface area contributed by atoms with Crippen LogP contribution in [0.25, 0.3) is 0 Å². The molecular weight excluding hydrogens is 360 g/mol. The highest BCUT2D eigenvalue weighted by Gasteiger charge is 2.58. The maximum atomic E-state index is 6.56. The molecule has 28 heavy (non-hydrogen) atoms. The summed E-state index contributed by atoms with van der Waals surface area (Å²) in [5.41, 5.74) is 2.82. The summed E-state index contributed by atoms with van der Waals surface area (Å²) < 4.78 is 0. The second kappa shape index (κ2) is 7.94. The van der Waals surface area contributed by atoms with Gasteiger partial charge in [-0.1, -0.05) is 65.5 Å². The van der Waals surface area contributed by atoms with E-state index in [0.717, 1.165) is 35.5 Å². The van der Waals surface area contributed by atoms with Crippen molar-refractivity contribution in [1.29, 1.82) is 0 Å². The van der Waals surface area contributed by atoms with Crippen molar-refractivity contribution in [1.82, 2.24) is 0 Å². The van der Waals surface area contributed by atoms with Gasteiger partial charge in [-0.15, -0.1) is 11.6 Å². The van der Waals surface area contributed by atoms with Gasteiger partial charge < -0.3 is 0 Å². The van der Waals surface area contributed by atoms with Crippen LogP contribution < -0.4 is 0 Å². The quantitative estimate of drug-likeness (QED) is 0.317. The van der Waals surface area contributed by atoms with Crippen molar-refractivity contribution in [2.24, 2.45) is 46.3 Å². The summed E-state index contributed by atoms with van der Waals surface area (Å²) >= 11 is 6.56. The minimum Gasteiger partial charge on any atom is -0.123 e. The zero-order valence-electron chi connectivity index (χ0n) is 19.3. The highest BCUT2D eigenvalue weighted by atomic mass is 35.5. The number of halogens is 1. The topological polar surface area (TPSA) is 0 Å². The van der Waals surface area contributed by atoms with Crippen molar-refractivity contribution >= 4 is 11.6 Å². The molecule has 4 rings (SSSR count). The zero-order valence-corrected chi connectivity index (χ0v) is 20.0. The van der Waals surface area contributed by atoms with Crippen molar-refractivity contribution in [3.05, 3.63) is 11.6 Å². The summed E-state index contributed by atoms with van der Waals surface area (Å²) in [4.78, 5) is 0. The largest absolute Gasteiger partial charge is 0.123 e. The molecular formula is C27H45Cl. The Morgan fingerprint density at radius 3 is 2.54 bits per heavy atom. The van der Waals surface area contributed by atoms with Gasteiger partial charge in [-0.05, 0) is 97.7 Å². The second-order valence-electron chi connectivity index (χ2n) is 12.1. The van der Waals surface area contributed by atoms with Crippen LogP contribution in [0, 0.1) is 46.3 Å². The average Bonchev–Trinajstić information content (AvgIpc) is 2.99. The highest BCUT2D eigenvalue weighted by molar-refractivity contribution is 6.20. The predicted molar refractivity (Wildman–Crippen MR) is 123 cm³/mol. The van der Waals surface area contributed by atoms with Gasteiger partial charge in [-0.2, -0.15) is 0 Å². The highest BCUT2D eigenvalue weighted by Crippen LogP contribution is 2.67. The molecule has 0 spiro atoms. The van der Waals surface area contributed by atoms with E-state index in [-0.39, 0.29) is 0 Å². The van der Waals surface area contributed by atoms with Gasteiger partial charge in [0.2, 0.25) is 0 Å². The van der Waals surface area contributed by atoms with Crippen LogP contribution in [-0.2, 0) is 0 Å². The van der Waals surface area contributed by atoms with Crippen LogP contribution in [0.2, 0.25) is 0 Å². The SMILES string of the molecule is CC(C)CCC[C@H](C)[C@H]1CC[C@H]2[C@H]3CC=C4C[C@@H](Cl)CC[C@]4(C)[C@@H]3CC[C@]12C. The number of alkyl halides is 1. The number of allylic oxidation sites excluding steroid dienone is 2. The lowest BCUT2D eigenvalue weighted by Crippen LogP contribution is -2.50. The summed E-state index contributed by atoms with van der Waals surface area (Å²) in [6.45, 7) is 12.7. The van der Waals surface area contributed by atoms with E-state index in [1.54, 1.807) is 5.57 Å². The van der Waals surface area contributed by atoms with Crippen LogP contribution in [0.3, 0.4) is 0 Å². The van der Waals surface area contributed by atoms with Gasteiger partial charge in [0.05, 0.1) is 0 Å². The van der Waals surface area contributed by atoms with Crippen LogP contribution in [-0.4, -0.2) is 5.38 Å². The molecule has 0 bridgehead atoms. The molecule has 3 fully saturated rings. The van der Waals surface area contributed by atoms with Gasteiger partial charge in [0, 0.05) is 5.38 Å². The first-order chi connectivity index (χ1) is 13.3. The summed E-state index contributed by atoms with van der Waals surface area (Å²) in [6, 6.07) is 0. The normalized spacial score (nSPS) is 46.5. The Morgan fingerprint density at radius 1 is 1.00 bits per heavy atom. The number of hydrogen-bond acceptors (Lipinski definition) is 0. The summed E-state index contributed by atoms with van der Waals surface area (Å²) in [7, 11) is 0. The molecule has 4 aliphatic rings. The second-order valence-corrected chi connectivity index (χ2v) is 12.7. The van der Waals surface area contributed by atoms with E-state index in [1.807, 2.05) is 0 Å². The van der Waals surface area contributed by atoms with Crippen molar-refractivity contribution in [2.45, 2.75) is 111 Å². The molecule has 0 saturated heterocycles. The zero-order chi connectivity index (χ0) is 20.1. The van der Waals surface area contributed by atoms with Crippen molar-refractivity contribution in [3.8, 4) is 0 Å². The van der Waals surface area contributed by atoms with Crippen molar-refractivity contribution in [2.75, 3.05) is 0 Å². The third kappa shape index (κ3) is 3.52. The molecule has 0 heterocycles. The van der Waals surface area contributed by atoms with Crippen molar-refractivity contribution < 1.29 is 0 Å². The van der Waals surface area contributed by atoms with E-state index in [0.29, 0.717) is 16.2 Å². The van der Waals surface area contributed by atoms with Crippen LogP contribution in [0.5, 0.6) is 0 Å². The van der Waals surface area contributed by atoms with Gasteiger partial charge in [-0.3, -0.25) is 0 Å². The average molecular weight is 405 g/mol. The van der Waals surface area contributed by atoms with E-state index >= 15 is 0 Å². The predicted octanol–water partition coefficient (Wildman–Crippen LogP) is 8.64. The molecule has 0 aromatic rings. The molecule has 0 unspecified atom stereocenters. The fraction of sp³-hybridized carbons (Fsp3) is 0.926. The Bertz CT molecular complexity index is 591. The molecule has 0 N–H and O–H groups in total. The van der Waals surface area contributed by atoms with Gasteiger partial charge >= 0.3 is 0 Å². The third-order valence-electron chi connectivity index (χ3n) is 10.2. The van der Waals surface area contributed by atoms with Crippen LogP contribution in [0.1, 0.15) is 105 Å².